The van der Waals surface area contributed by atoms with E-state index in [2.05, 4.69) is 30.5 Å². The fourth-order valence-electron chi connectivity index (χ4n) is 2.57. The monoisotopic (exact) mass is 344 g/mol. The Balaban J connectivity index is 1.93. The van der Waals surface area contributed by atoms with Crippen LogP contribution in [0.1, 0.15) is 50.3 Å². The van der Waals surface area contributed by atoms with Gasteiger partial charge in [-0.3, -0.25) is 4.79 Å². The van der Waals surface area contributed by atoms with E-state index in [4.69, 9.17) is 11.6 Å². The minimum absolute atomic E-state index is 0.0356. The predicted molar refractivity (Wildman–Crippen MR) is 102 cm³/mol. The second-order valence-electron chi connectivity index (χ2n) is 6.10. The largest absolute Gasteiger partial charge is 0.325 e. The van der Waals surface area contributed by atoms with Gasteiger partial charge in [0.1, 0.15) is 0 Å². The van der Waals surface area contributed by atoms with E-state index < -0.39 is 0 Å². The van der Waals surface area contributed by atoms with E-state index in [-0.39, 0.29) is 18.5 Å². The van der Waals surface area contributed by atoms with E-state index in [1.165, 1.54) is 5.56 Å². The first-order valence-electron chi connectivity index (χ1n) is 8.39. The Morgan fingerprint density at radius 2 is 1.75 bits per heavy atom. The molecule has 2 aromatic rings. The molecule has 0 radical (unpaired) electrons. The summed E-state index contributed by atoms with van der Waals surface area (Å²) in [4.78, 5) is 12.3. The summed E-state index contributed by atoms with van der Waals surface area (Å²) in [6.45, 7) is 6.62. The highest BCUT2D eigenvalue weighted by molar-refractivity contribution is 6.30. The van der Waals surface area contributed by atoms with E-state index in [0.717, 1.165) is 17.7 Å². The molecular formula is C20H25ClN2O. The minimum Gasteiger partial charge on any atom is -0.325 e. The summed E-state index contributed by atoms with van der Waals surface area (Å²) in [6, 6.07) is 15.7. The highest BCUT2D eigenvalue weighted by atomic mass is 35.5. The maximum absolute atomic E-state index is 12.3. The number of carbonyl (C=O) groups is 1. The first-order valence-corrected chi connectivity index (χ1v) is 8.76. The van der Waals surface area contributed by atoms with Crippen LogP contribution in [0.3, 0.4) is 0 Å². The molecule has 1 amide bonds. The van der Waals surface area contributed by atoms with Crippen LogP contribution in [0.2, 0.25) is 5.02 Å². The molecular weight excluding hydrogens is 320 g/mol. The van der Waals surface area contributed by atoms with E-state index in [1.54, 1.807) is 0 Å². The van der Waals surface area contributed by atoms with Crippen LogP contribution in [0.4, 0.5) is 5.69 Å². The van der Waals surface area contributed by atoms with Gasteiger partial charge in [-0.15, -0.1) is 0 Å². The number of halogens is 1. The molecule has 128 valence electrons. The molecule has 0 spiro atoms. The molecule has 0 heterocycles. The average molecular weight is 345 g/mol. The van der Waals surface area contributed by atoms with Gasteiger partial charge >= 0.3 is 0 Å². The number of benzene rings is 2. The quantitative estimate of drug-likeness (QED) is 0.729. The molecule has 2 rings (SSSR count). The molecule has 0 aliphatic carbocycles. The first-order chi connectivity index (χ1) is 11.5. The van der Waals surface area contributed by atoms with Crippen molar-refractivity contribution in [1.82, 2.24) is 5.32 Å². The van der Waals surface area contributed by atoms with Crippen molar-refractivity contribution in [2.24, 2.45) is 0 Å². The van der Waals surface area contributed by atoms with Gasteiger partial charge < -0.3 is 10.6 Å². The maximum Gasteiger partial charge on any atom is 0.238 e. The minimum atomic E-state index is -0.0356. The van der Waals surface area contributed by atoms with Crippen LogP contribution in [0.15, 0.2) is 48.5 Å². The van der Waals surface area contributed by atoms with Gasteiger partial charge in [0.25, 0.3) is 0 Å². The van der Waals surface area contributed by atoms with Gasteiger partial charge in [0.05, 0.1) is 6.54 Å². The molecule has 0 unspecified atom stereocenters. The Morgan fingerprint density at radius 3 is 2.42 bits per heavy atom. The van der Waals surface area contributed by atoms with Crippen molar-refractivity contribution < 1.29 is 4.79 Å². The second kappa shape index (κ2) is 8.86. The maximum atomic E-state index is 12.3. The molecule has 2 N–H and O–H groups in total. The van der Waals surface area contributed by atoms with Crippen molar-refractivity contribution in [2.45, 2.75) is 39.2 Å². The number of hydrogen-bond acceptors (Lipinski definition) is 2. The zero-order valence-electron chi connectivity index (χ0n) is 14.5. The first kappa shape index (κ1) is 18.5. The third-order valence-electron chi connectivity index (χ3n) is 4.32. The van der Waals surface area contributed by atoms with E-state index >= 15 is 0 Å². The molecule has 0 aliphatic heterocycles. The van der Waals surface area contributed by atoms with Crippen molar-refractivity contribution in [3.8, 4) is 0 Å². The number of anilines is 1. The normalized spacial score (nSPS) is 13.3. The number of para-hydroxylation sites is 1. The standard InChI is InChI=1S/C20H25ClN2O/c1-4-14(2)18-7-5-6-8-19(18)23-20(24)13-22-15(3)16-9-11-17(21)12-10-16/h5-12,14-15,22H,4,13H2,1-3H3,(H,23,24)/t14-,15+/m1/s1. The summed E-state index contributed by atoms with van der Waals surface area (Å²) in [5.74, 6) is 0.383. The summed E-state index contributed by atoms with van der Waals surface area (Å²) in [5.41, 5.74) is 3.18. The molecule has 0 aromatic heterocycles. The molecule has 2 atom stereocenters. The predicted octanol–water partition coefficient (Wildman–Crippen LogP) is 5.14. The number of carbonyl (C=O) groups excluding carboxylic acids is 1. The van der Waals surface area contributed by atoms with E-state index in [1.807, 2.05) is 49.4 Å². The van der Waals surface area contributed by atoms with Crippen LogP contribution >= 0.6 is 11.6 Å². The Hall–Kier alpha value is -1.84. The molecule has 3 nitrogen and oxygen atoms in total. The Bertz CT molecular complexity index is 670. The topological polar surface area (TPSA) is 41.1 Å². The summed E-state index contributed by atoms with van der Waals surface area (Å²) in [6.07, 6.45) is 1.04. The second-order valence-corrected chi connectivity index (χ2v) is 6.54. The van der Waals surface area contributed by atoms with Crippen LogP contribution < -0.4 is 10.6 Å². The highest BCUT2D eigenvalue weighted by Crippen LogP contribution is 2.26. The van der Waals surface area contributed by atoms with E-state index in [0.29, 0.717) is 10.9 Å². The van der Waals surface area contributed by atoms with Gasteiger partial charge in [-0.05, 0) is 48.6 Å². The number of rotatable bonds is 7. The van der Waals surface area contributed by atoms with E-state index in [9.17, 15) is 4.79 Å². The van der Waals surface area contributed by atoms with Crippen LogP contribution in [-0.4, -0.2) is 12.5 Å². The average Bonchev–Trinajstić information content (AvgIpc) is 2.60. The summed E-state index contributed by atoms with van der Waals surface area (Å²) < 4.78 is 0. The SMILES string of the molecule is CC[C@@H](C)c1ccccc1NC(=O)CN[C@@H](C)c1ccc(Cl)cc1. The highest BCUT2D eigenvalue weighted by Gasteiger charge is 2.12. The van der Waals surface area contributed by atoms with Crippen molar-refractivity contribution >= 4 is 23.2 Å². The van der Waals surface area contributed by atoms with Gasteiger partial charge in [-0.1, -0.05) is 55.8 Å². The smallest absolute Gasteiger partial charge is 0.238 e. The van der Waals surface area contributed by atoms with Gasteiger partial charge in [0.2, 0.25) is 5.91 Å². The van der Waals surface area contributed by atoms with Crippen LogP contribution in [0.25, 0.3) is 0 Å². The third kappa shape index (κ3) is 5.08. The third-order valence-corrected chi connectivity index (χ3v) is 4.57. The lowest BCUT2D eigenvalue weighted by atomic mass is 9.97. The van der Waals surface area contributed by atoms with Crippen LogP contribution in [-0.2, 0) is 4.79 Å². The van der Waals surface area contributed by atoms with Crippen LogP contribution in [0, 0.1) is 0 Å². The zero-order valence-corrected chi connectivity index (χ0v) is 15.2. The number of nitrogens with one attached hydrogen (secondary N) is 2. The lowest BCUT2D eigenvalue weighted by Gasteiger charge is -2.17. The Kier molecular flexibility index (Phi) is 6.83. The van der Waals surface area contributed by atoms with Crippen molar-refractivity contribution in [3.05, 3.63) is 64.7 Å². The number of hydrogen-bond donors (Lipinski definition) is 2. The molecule has 0 saturated heterocycles. The molecule has 24 heavy (non-hydrogen) atoms. The van der Waals surface area contributed by atoms with Gasteiger partial charge in [-0.25, -0.2) is 0 Å². The summed E-state index contributed by atoms with van der Waals surface area (Å²) in [5, 5.41) is 6.98. The number of amides is 1. The molecule has 0 bridgehead atoms. The van der Waals surface area contributed by atoms with Crippen molar-refractivity contribution in [2.75, 3.05) is 11.9 Å². The Labute approximate surface area is 149 Å². The van der Waals surface area contributed by atoms with Gasteiger partial charge in [-0.2, -0.15) is 0 Å². The van der Waals surface area contributed by atoms with Crippen molar-refractivity contribution in [3.63, 3.8) is 0 Å². The zero-order chi connectivity index (χ0) is 17.5. The molecule has 0 fully saturated rings. The lowest BCUT2D eigenvalue weighted by molar-refractivity contribution is -0.115. The molecule has 2 aromatic carbocycles. The molecule has 4 heteroatoms. The molecule has 0 aliphatic rings. The fraction of sp³-hybridized carbons (Fsp3) is 0.350. The van der Waals surface area contributed by atoms with Gasteiger partial charge in [0, 0.05) is 16.8 Å². The lowest BCUT2D eigenvalue weighted by Crippen LogP contribution is -2.30. The van der Waals surface area contributed by atoms with Crippen LogP contribution in [0.5, 0.6) is 0 Å². The Morgan fingerprint density at radius 1 is 1.08 bits per heavy atom. The molecule has 0 saturated carbocycles. The van der Waals surface area contributed by atoms with Gasteiger partial charge in [0.15, 0.2) is 0 Å². The summed E-state index contributed by atoms with van der Waals surface area (Å²) >= 11 is 5.90. The van der Waals surface area contributed by atoms with Crippen molar-refractivity contribution in [1.29, 1.82) is 0 Å². The fourth-order valence-corrected chi connectivity index (χ4v) is 2.70. The summed E-state index contributed by atoms with van der Waals surface area (Å²) in [7, 11) is 0.